The van der Waals surface area contributed by atoms with Gasteiger partial charge in [0.2, 0.25) is 0 Å². The second-order valence-corrected chi connectivity index (χ2v) is 6.97. The summed E-state index contributed by atoms with van der Waals surface area (Å²) in [7, 11) is 2.25. The van der Waals surface area contributed by atoms with Crippen molar-refractivity contribution in [1.82, 2.24) is 14.9 Å². The Bertz CT molecular complexity index is 469. The summed E-state index contributed by atoms with van der Waals surface area (Å²) in [6, 6.07) is 2.18. The largest absolute Gasteiger partial charge is 0.356 e. The molecule has 0 aromatic carbocycles. The molecule has 0 radical (unpaired) electrons. The highest BCUT2D eigenvalue weighted by atomic mass is 15.2. The summed E-state index contributed by atoms with van der Waals surface area (Å²) < 4.78 is 0. The van der Waals surface area contributed by atoms with Crippen LogP contribution in [0.25, 0.3) is 0 Å². The van der Waals surface area contributed by atoms with Crippen LogP contribution < -0.4 is 4.90 Å². The van der Waals surface area contributed by atoms with Crippen molar-refractivity contribution in [3.05, 3.63) is 18.1 Å². The summed E-state index contributed by atoms with van der Waals surface area (Å²) in [6.45, 7) is 9.16. The quantitative estimate of drug-likeness (QED) is 0.829. The van der Waals surface area contributed by atoms with Gasteiger partial charge < -0.3 is 9.80 Å². The first-order valence-corrected chi connectivity index (χ1v) is 7.83. The van der Waals surface area contributed by atoms with Crippen LogP contribution in [0.1, 0.15) is 44.7 Å². The van der Waals surface area contributed by atoms with E-state index in [0.29, 0.717) is 11.3 Å². The molecule has 4 nitrogen and oxygen atoms in total. The van der Waals surface area contributed by atoms with Gasteiger partial charge in [0.05, 0.1) is 0 Å². The Morgan fingerprint density at radius 2 is 2.00 bits per heavy atom. The highest BCUT2D eigenvalue weighted by Crippen LogP contribution is 2.39. The van der Waals surface area contributed by atoms with Crippen LogP contribution in [-0.2, 0) is 0 Å². The second kappa shape index (κ2) is 5.32. The molecule has 1 unspecified atom stereocenters. The van der Waals surface area contributed by atoms with Crippen molar-refractivity contribution >= 4 is 5.82 Å². The molecule has 3 heterocycles. The Morgan fingerprint density at radius 3 is 2.70 bits per heavy atom. The predicted molar refractivity (Wildman–Crippen MR) is 82.1 cm³/mol. The van der Waals surface area contributed by atoms with E-state index in [1.54, 1.807) is 6.33 Å². The highest BCUT2D eigenvalue weighted by molar-refractivity contribution is 5.40. The van der Waals surface area contributed by atoms with Crippen LogP contribution in [0.15, 0.2) is 12.4 Å². The minimum absolute atomic E-state index is 0.466. The summed E-state index contributed by atoms with van der Waals surface area (Å²) in [5, 5.41) is 0. The zero-order chi connectivity index (χ0) is 14.2. The number of nitrogens with zero attached hydrogens (tertiary/aromatic N) is 4. The van der Waals surface area contributed by atoms with E-state index in [2.05, 4.69) is 46.7 Å². The molecule has 2 aliphatic heterocycles. The number of anilines is 1. The topological polar surface area (TPSA) is 32.3 Å². The van der Waals surface area contributed by atoms with E-state index in [1.807, 2.05) is 0 Å². The van der Waals surface area contributed by atoms with E-state index < -0.39 is 0 Å². The Hall–Kier alpha value is -1.16. The smallest absolute Gasteiger partial charge is 0.132 e. The normalized spacial score (nSPS) is 27.7. The Labute approximate surface area is 122 Å². The molecule has 0 amide bonds. The summed E-state index contributed by atoms with van der Waals surface area (Å²) in [4.78, 5) is 13.9. The fraction of sp³-hybridized carbons (Fsp3) is 0.750. The van der Waals surface area contributed by atoms with Crippen molar-refractivity contribution in [2.75, 3.05) is 38.1 Å². The third-order valence-corrected chi connectivity index (χ3v) is 4.88. The maximum absolute atomic E-state index is 4.52. The van der Waals surface area contributed by atoms with Gasteiger partial charge in [0.1, 0.15) is 12.1 Å². The molecule has 3 rings (SSSR count). The van der Waals surface area contributed by atoms with Crippen LogP contribution in [0.4, 0.5) is 5.82 Å². The molecular formula is C16H26N4. The lowest BCUT2D eigenvalue weighted by molar-refractivity contribution is 0.233. The maximum atomic E-state index is 4.52. The lowest BCUT2D eigenvalue weighted by atomic mass is 9.79. The van der Waals surface area contributed by atoms with Crippen molar-refractivity contribution in [1.29, 1.82) is 0 Å². The SMILES string of the molecule is CC(C)c1cc(N2CCCC3(CCN(C)C3)C2)ncn1. The molecule has 2 saturated heterocycles. The molecule has 2 aliphatic rings. The number of hydrogen-bond donors (Lipinski definition) is 0. The molecule has 0 bridgehead atoms. The Kier molecular flexibility index (Phi) is 3.67. The molecule has 1 aromatic heterocycles. The highest BCUT2D eigenvalue weighted by Gasteiger charge is 2.40. The van der Waals surface area contributed by atoms with Gasteiger partial charge in [-0.3, -0.25) is 0 Å². The van der Waals surface area contributed by atoms with Crippen LogP contribution >= 0.6 is 0 Å². The zero-order valence-corrected chi connectivity index (χ0v) is 13.0. The van der Waals surface area contributed by atoms with Gasteiger partial charge >= 0.3 is 0 Å². The maximum Gasteiger partial charge on any atom is 0.132 e. The molecule has 20 heavy (non-hydrogen) atoms. The van der Waals surface area contributed by atoms with Crippen molar-refractivity contribution in [3.63, 3.8) is 0 Å². The average molecular weight is 274 g/mol. The fourth-order valence-corrected chi connectivity index (χ4v) is 3.75. The molecule has 1 atom stereocenters. The monoisotopic (exact) mass is 274 g/mol. The second-order valence-electron chi connectivity index (χ2n) is 6.97. The molecule has 2 fully saturated rings. The van der Waals surface area contributed by atoms with Crippen LogP contribution in [-0.4, -0.2) is 48.1 Å². The number of likely N-dealkylation sites (tertiary alicyclic amines) is 1. The van der Waals surface area contributed by atoms with Crippen LogP contribution in [0.3, 0.4) is 0 Å². The molecule has 0 N–H and O–H groups in total. The van der Waals surface area contributed by atoms with Crippen LogP contribution in [0.2, 0.25) is 0 Å². The van der Waals surface area contributed by atoms with E-state index in [-0.39, 0.29) is 0 Å². The first-order chi connectivity index (χ1) is 9.58. The number of hydrogen-bond acceptors (Lipinski definition) is 4. The van der Waals surface area contributed by atoms with Crippen molar-refractivity contribution < 1.29 is 0 Å². The van der Waals surface area contributed by atoms with Crippen molar-refractivity contribution in [3.8, 4) is 0 Å². The van der Waals surface area contributed by atoms with Gasteiger partial charge in [-0.25, -0.2) is 9.97 Å². The van der Waals surface area contributed by atoms with Crippen molar-refractivity contribution in [2.45, 2.75) is 39.0 Å². The molecule has 1 spiro atoms. The van der Waals surface area contributed by atoms with Gasteiger partial charge in [-0.2, -0.15) is 0 Å². The van der Waals surface area contributed by atoms with Gasteiger partial charge in [0, 0.05) is 36.8 Å². The van der Waals surface area contributed by atoms with Gasteiger partial charge in [0.15, 0.2) is 0 Å². The summed E-state index contributed by atoms with van der Waals surface area (Å²) >= 11 is 0. The fourth-order valence-electron chi connectivity index (χ4n) is 3.75. The van der Waals surface area contributed by atoms with Gasteiger partial charge in [-0.15, -0.1) is 0 Å². The lowest BCUT2D eigenvalue weighted by Gasteiger charge is -2.41. The molecule has 4 heteroatoms. The van der Waals surface area contributed by atoms with Gasteiger partial charge in [-0.1, -0.05) is 13.8 Å². The predicted octanol–water partition coefficient (Wildman–Crippen LogP) is 2.52. The molecule has 0 saturated carbocycles. The van der Waals surface area contributed by atoms with Gasteiger partial charge in [-0.05, 0) is 38.8 Å². The number of aromatic nitrogens is 2. The molecule has 1 aromatic rings. The number of rotatable bonds is 2. The minimum Gasteiger partial charge on any atom is -0.356 e. The standard InChI is InChI=1S/C16H26N4/c1-13(2)14-9-15(18-12-17-14)20-7-4-5-16(11-20)6-8-19(3)10-16/h9,12-13H,4-8,10-11H2,1-3H3. The summed E-state index contributed by atoms with van der Waals surface area (Å²) in [6.07, 6.45) is 5.72. The van der Waals surface area contributed by atoms with Gasteiger partial charge in [0.25, 0.3) is 0 Å². The van der Waals surface area contributed by atoms with Crippen molar-refractivity contribution in [2.24, 2.45) is 5.41 Å². The van der Waals surface area contributed by atoms with E-state index in [0.717, 1.165) is 24.6 Å². The minimum atomic E-state index is 0.466. The average Bonchev–Trinajstić information content (AvgIpc) is 2.79. The summed E-state index contributed by atoms with van der Waals surface area (Å²) in [5.41, 5.74) is 1.65. The Balaban J connectivity index is 1.78. The van der Waals surface area contributed by atoms with E-state index in [4.69, 9.17) is 0 Å². The van der Waals surface area contributed by atoms with Crippen LogP contribution in [0, 0.1) is 5.41 Å². The van der Waals surface area contributed by atoms with Crippen LogP contribution in [0.5, 0.6) is 0 Å². The van der Waals surface area contributed by atoms with E-state index in [9.17, 15) is 0 Å². The molecule has 0 aliphatic carbocycles. The van der Waals surface area contributed by atoms with E-state index >= 15 is 0 Å². The Morgan fingerprint density at radius 1 is 1.15 bits per heavy atom. The zero-order valence-electron chi connectivity index (χ0n) is 13.0. The number of piperidine rings is 1. The summed E-state index contributed by atoms with van der Waals surface area (Å²) in [5.74, 6) is 1.59. The first kappa shape index (κ1) is 13.8. The lowest BCUT2D eigenvalue weighted by Crippen LogP contribution is -2.45. The first-order valence-electron chi connectivity index (χ1n) is 7.83. The van der Waals surface area contributed by atoms with E-state index in [1.165, 1.54) is 32.4 Å². The third-order valence-electron chi connectivity index (χ3n) is 4.88. The third kappa shape index (κ3) is 2.66. The molecular weight excluding hydrogens is 248 g/mol. The molecule has 110 valence electrons.